The van der Waals surface area contributed by atoms with E-state index >= 15 is 0 Å². The van der Waals surface area contributed by atoms with E-state index in [-0.39, 0.29) is 9.79 Å². The van der Waals surface area contributed by atoms with E-state index in [9.17, 15) is 16.8 Å². The molecule has 0 N–H and O–H groups in total. The molecule has 3 rings (SSSR count). The van der Waals surface area contributed by atoms with Gasteiger partial charge in [-0.25, -0.2) is 25.4 Å². The van der Waals surface area contributed by atoms with Crippen LogP contribution >= 0.6 is 0 Å². The van der Waals surface area contributed by atoms with Crippen LogP contribution in [0.1, 0.15) is 11.1 Å². The molecule has 34 heavy (non-hydrogen) atoms. The van der Waals surface area contributed by atoms with Gasteiger partial charge in [-0.2, -0.15) is 0 Å². The topological polar surface area (TPSA) is 99.5 Å². The molecule has 0 radical (unpaired) electrons. The van der Waals surface area contributed by atoms with Crippen molar-refractivity contribution < 1.29 is 16.8 Å². The third-order valence-corrected chi connectivity index (χ3v) is 8.48. The largest absolute Gasteiger partial charge is 0.256 e. The zero-order chi connectivity index (χ0) is 24.9. The Morgan fingerprint density at radius 1 is 0.588 bits per heavy atom. The van der Waals surface area contributed by atoms with Crippen molar-refractivity contribution in [3.63, 3.8) is 0 Å². The van der Waals surface area contributed by atoms with E-state index in [0.717, 1.165) is 19.7 Å². The molecule has 0 bridgehead atoms. The zero-order valence-electron chi connectivity index (χ0n) is 19.3. The lowest BCUT2D eigenvalue weighted by molar-refractivity contribution is 0.520. The number of hydrogen-bond acceptors (Lipinski definition) is 6. The molecule has 10 heteroatoms. The second-order valence-electron chi connectivity index (χ2n) is 7.75. The summed E-state index contributed by atoms with van der Waals surface area (Å²) < 4.78 is 51.5. The second-order valence-corrected chi connectivity index (χ2v) is 12.1. The van der Waals surface area contributed by atoms with E-state index in [1.54, 1.807) is 36.7 Å². The highest BCUT2D eigenvalue weighted by Crippen LogP contribution is 2.21. The fourth-order valence-electron chi connectivity index (χ4n) is 2.84. The molecule has 3 aromatic carbocycles. The molecular weight excluding hydrogens is 472 g/mol. The quantitative estimate of drug-likeness (QED) is 0.442. The molecule has 0 saturated carbocycles. The highest BCUT2D eigenvalue weighted by Gasteiger charge is 2.17. The summed E-state index contributed by atoms with van der Waals surface area (Å²) in [4.78, 5) is 9.12. The lowest BCUT2D eigenvalue weighted by Gasteiger charge is -2.11. The van der Waals surface area contributed by atoms with E-state index in [1.165, 1.54) is 52.5 Å². The van der Waals surface area contributed by atoms with Gasteiger partial charge in [0.2, 0.25) is 20.0 Å². The predicted octanol–water partition coefficient (Wildman–Crippen LogP) is 3.69. The molecule has 0 aromatic heterocycles. The minimum absolute atomic E-state index is 0.182. The number of benzene rings is 3. The van der Waals surface area contributed by atoms with E-state index in [0.29, 0.717) is 11.4 Å². The van der Waals surface area contributed by atoms with Crippen LogP contribution in [-0.4, -0.2) is 66.1 Å². The Bertz CT molecular complexity index is 1320. The number of aliphatic imine (C=N–C) groups is 2. The Hall–Kier alpha value is -3.18. The van der Waals surface area contributed by atoms with Crippen LogP contribution < -0.4 is 0 Å². The Morgan fingerprint density at radius 3 is 1.26 bits per heavy atom. The maximum absolute atomic E-state index is 12.3. The van der Waals surface area contributed by atoms with Crippen molar-refractivity contribution in [3.05, 3.63) is 83.9 Å². The lowest BCUT2D eigenvalue weighted by Crippen LogP contribution is -2.22. The lowest BCUT2D eigenvalue weighted by atomic mass is 10.1. The van der Waals surface area contributed by atoms with Crippen LogP contribution in [0.2, 0.25) is 0 Å². The summed E-state index contributed by atoms with van der Waals surface area (Å²) in [5.41, 5.74) is 2.72. The van der Waals surface area contributed by atoms with Gasteiger partial charge in [-0.05, 0) is 47.5 Å². The zero-order valence-corrected chi connectivity index (χ0v) is 21.0. The van der Waals surface area contributed by atoms with Gasteiger partial charge in [0.05, 0.1) is 21.2 Å². The van der Waals surface area contributed by atoms with Crippen molar-refractivity contribution in [1.82, 2.24) is 8.61 Å². The smallest absolute Gasteiger partial charge is 0.242 e. The van der Waals surface area contributed by atoms with Gasteiger partial charge in [-0.3, -0.25) is 9.98 Å². The summed E-state index contributed by atoms with van der Waals surface area (Å²) in [6.07, 6.45) is 3.30. The molecule has 8 nitrogen and oxygen atoms in total. The number of hydrogen-bond donors (Lipinski definition) is 0. The Morgan fingerprint density at radius 2 is 0.941 bits per heavy atom. The summed E-state index contributed by atoms with van der Waals surface area (Å²) in [5.74, 6) is 0. The molecule has 0 spiro atoms. The van der Waals surface area contributed by atoms with Gasteiger partial charge < -0.3 is 0 Å². The summed E-state index contributed by atoms with van der Waals surface area (Å²) in [6.45, 7) is 0. The van der Waals surface area contributed by atoms with Gasteiger partial charge in [0.25, 0.3) is 0 Å². The molecule has 0 aliphatic heterocycles. The molecular formula is C24H26N4O4S2. The molecule has 0 heterocycles. The van der Waals surface area contributed by atoms with Gasteiger partial charge in [-0.1, -0.05) is 36.4 Å². The summed E-state index contributed by atoms with van der Waals surface area (Å²) in [7, 11) is -1.11. The Balaban J connectivity index is 1.73. The van der Waals surface area contributed by atoms with Crippen molar-refractivity contribution in [2.45, 2.75) is 9.79 Å². The maximum Gasteiger partial charge on any atom is 0.242 e. The van der Waals surface area contributed by atoms with Crippen molar-refractivity contribution >= 4 is 43.9 Å². The van der Waals surface area contributed by atoms with Crippen LogP contribution in [0.4, 0.5) is 11.4 Å². The molecule has 0 unspecified atom stereocenters. The molecule has 0 aliphatic carbocycles. The van der Waals surface area contributed by atoms with Crippen molar-refractivity contribution in [1.29, 1.82) is 0 Å². The number of sulfonamides is 2. The predicted molar refractivity (Wildman–Crippen MR) is 136 cm³/mol. The second kappa shape index (κ2) is 10.4. The van der Waals surface area contributed by atoms with Crippen LogP contribution in [0.3, 0.4) is 0 Å². The Labute approximate surface area is 201 Å². The van der Waals surface area contributed by atoms with E-state index < -0.39 is 20.0 Å². The van der Waals surface area contributed by atoms with E-state index in [2.05, 4.69) is 9.98 Å². The van der Waals surface area contributed by atoms with Crippen LogP contribution in [-0.2, 0) is 20.0 Å². The van der Waals surface area contributed by atoms with Crippen molar-refractivity contribution in [2.24, 2.45) is 9.98 Å². The maximum atomic E-state index is 12.3. The summed E-state index contributed by atoms with van der Waals surface area (Å²) in [6, 6.07) is 20.3. The van der Waals surface area contributed by atoms with Crippen LogP contribution in [0.15, 0.2) is 92.6 Å². The average molecular weight is 499 g/mol. The van der Waals surface area contributed by atoms with Gasteiger partial charge in [0, 0.05) is 40.6 Å². The van der Waals surface area contributed by atoms with E-state index in [1.807, 2.05) is 24.3 Å². The monoisotopic (exact) mass is 498 g/mol. The summed E-state index contributed by atoms with van der Waals surface area (Å²) in [5, 5.41) is 0. The summed E-state index contributed by atoms with van der Waals surface area (Å²) >= 11 is 0. The van der Waals surface area contributed by atoms with Crippen LogP contribution in [0, 0.1) is 0 Å². The Kier molecular flexibility index (Phi) is 7.78. The average Bonchev–Trinajstić information content (AvgIpc) is 2.82. The third-order valence-electron chi connectivity index (χ3n) is 4.85. The van der Waals surface area contributed by atoms with Crippen LogP contribution in [0.25, 0.3) is 0 Å². The fraction of sp³-hybridized carbons (Fsp3) is 0.167. The number of nitrogens with zero attached hydrogens (tertiary/aromatic N) is 4. The van der Waals surface area contributed by atoms with E-state index in [4.69, 9.17) is 0 Å². The highest BCUT2D eigenvalue weighted by atomic mass is 32.2. The molecule has 0 amide bonds. The minimum Gasteiger partial charge on any atom is -0.256 e. The van der Waals surface area contributed by atoms with Gasteiger partial charge in [-0.15, -0.1) is 0 Å². The first kappa shape index (κ1) is 25.4. The first-order chi connectivity index (χ1) is 16.0. The fourth-order valence-corrected chi connectivity index (χ4v) is 4.72. The highest BCUT2D eigenvalue weighted by molar-refractivity contribution is 7.89. The molecule has 0 atom stereocenters. The van der Waals surface area contributed by atoms with Crippen LogP contribution in [0.5, 0.6) is 0 Å². The van der Waals surface area contributed by atoms with Gasteiger partial charge in [0.1, 0.15) is 0 Å². The normalized spacial score (nSPS) is 12.9. The molecule has 178 valence electrons. The minimum atomic E-state index is -3.52. The van der Waals surface area contributed by atoms with Crippen molar-refractivity contribution in [2.75, 3.05) is 28.2 Å². The molecule has 0 aliphatic rings. The van der Waals surface area contributed by atoms with Gasteiger partial charge >= 0.3 is 0 Å². The molecule has 0 fully saturated rings. The molecule has 0 saturated heterocycles. The first-order valence-corrected chi connectivity index (χ1v) is 13.1. The molecule has 3 aromatic rings. The first-order valence-electron chi connectivity index (χ1n) is 10.2. The SMILES string of the molecule is CN(C)S(=O)(=O)c1cccc(N=Cc2ccc(C=Nc3cccc(S(=O)(=O)N(C)C)c3)cc2)c1. The van der Waals surface area contributed by atoms with Crippen molar-refractivity contribution in [3.8, 4) is 0 Å². The number of rotatable bonds is 8. The third kappa shape index (κ3) is 6.03. The van der Waals surface area contributed by atoms with Gasteiger partial charge in [0.15, 0.2) is 0 Å². The standard InChI is InChI=1S/C24H26N4O4S2/c1-27(2)33(29,30)23-9-5-7-21(15-23)25-17-19-11-13-20(14-12-19)18-26-22-8-6-10-24(16-22)34(31,32)28(3)4/h5-18H,1-4H3.